The second kappa shape index (κ2) is 7.91. The zero-order chi connectivity index (χ0) is 18.6. The largest absolute Gasteiger partial charge is 0.452 e. The Balaban J connectivity index is 2.01. The van der Waals surface area contributed by atoms with E-state index in [4.69, 9.17) is 27.9 Å². The van der Waals surface area contributed by atoms with Crippen LogP contribution in [0.25, 0.3) is 0 Å². The van der Waals surface area contributed by atoms with E-state index in [0.29, 0.717) is 0 Å². The van der Waals surface area contributed by atoms with Gasteiger partial charge in [0.2, 0.25) is 0 Å². The molecule has 0 saturated carbocycles. The predicted octanol–water partition coefficient (Wildman–Crippen LogP) is 3.84. The summed E-state index contributed by atoms with van der Waals surface area (Å²) in [6.45, 7) is -0.746. The van der Waals surface area contributed by atoms with Crippen molar-refractivity contribution in [1.29, 1.82) is 0 Å². The summed E-state index contributed by atoms with van der Waals surface area (Å²) in [5, 5.41) is 13.1. The van der Waals surface area contributed by atoms with Gasteiger partial charge in [-0.05, 0) is 24.3 Å². The molecule has 0 atom stereocenters. The number of anilines is 1. The third-order valence-electron chi connectivity index (χ3n) is 2.92. The molecule has 0 heterocycles. The van der Waals surface area contributed by atoms with Gasteiger partial charge in [-0.3, -0.25) is 14.9 Å². The van der Waals surface area contributed by atoms with Crippen molar-refractivity contribution in [3.05, 3.63) is 67.9 Å². The summed E-state index contributed by atoms with van der Waals surface area (Å²) in [7, 11) is 0. The van der Waals surface area contributed by atoms with Gasteiger partial charge in [-0.1, -0.05) is 23.2 Å². The van der Waals surface area contributed by atoms with Gasteiger partial charge in [0.25, 0.3) is 11.6 Å². The van der Waals surface area contributed by atoms with Gasteiger partial charge in [-0.2, -0.15) is 0 Å². The van der Waals surface area contributed by atoms with E-state index in [1.165, 1.54) is 18.2 Å². The Morgan fingerprint density at radius 3 is 2.60 bits per heavy atom. The summed E-state index contributed by atoms with van der Waals surface area (Å²) in [6.07, 6.45) is 0. The SMILES string of the molecule is O=C(COC(=O)c1cc(Cl)ccc1Cl)Nc1cc([N+](=O)[O-])ccc1F. The van der Waals surface area contributed by atoms with Crippen LogP contribution >= 0.6 is 23.2 Å². The summed E-state index contributed by atoms with van der Waals surface area (Å²) < 4.78 is 18.3. The minimum Gasteiger partial charge on any atom is -0.452 e. The lowest BCUT2D eigenvalue weighted by atomic mass is 10.2. The fourth-order valence-corrected chi connectivity index (χ4v) is 2.14. The Morgan fingerprint density at radius 1 is 1.20 bits per heavy atom. The van der Waals surface area contributed by atoms with Crippen LogP contribution in [0.5, 0.6) is 0 Å². The highest BCUT2D eigenvalue weighted by Gasteiger charge is 2.16. The normalized spacial score (nSPS) is 10.2. The minimum absolute atomic E-state index is 0.0384. The Hall–Kier alpha value is -2.71. The second-order valence-electron chi connectivity index (χ2n) is 4.67. The number of hydrogen-bond acceptors (Lipinski definition) is 5. The maximum atomic E-state index is 13.6. The Morgan fingerprint density at radius 2 is 1.92 bits per heavy atom. The molecule has 130 valence electrons. The number of hydrogen-bond donors (Lipinski definition) is 1. The summed E-state index contributed by atoms with van der Waals surface area (Å²) in [4.78, 5) is 33.5. The smallest absolute Gasteiger partial charge is 0.340 e. The van der Waals surface area contributed by atoms with Gasteiger partial charge in [-0.15, -0.1) is 0 Å². The number of benzene rings is 2. The zero-order valence-electron chi connectivity index (χ0n) is 12.3. The first-order valence-corrected chi connectivity index (χ1v) is 7.39. The molecule has 0 aromatic heterocycles. The number of nitro benzene ring substituents is 1. The van der Waals surface area contributed by atoms with Crippen LogP contribution in [-0.4, -0.2) is 23.4 Å². The third kappa shape index (κ3) is 4.88. The van der Waals surface area contributed by atoms with Crippen molar-refractivity contribution in [3.63, 3.8) is 0 Å². The molecule has 0 spiro atoms. The highest BCUT2D eigenvalue weighted by Crippen LogP contribution is 2.22. The van der Waals surface area contributed by atoms with E-state index in [2.05, 4.69) is 5.32 Å². The first-order chi connectivity index (χ1) is 11.8. The third-order valence-corrected chi connectivity index (χ3v) is 3.48. The molecule has 0 bridgehead atoms. The number of amides is 1. The van der Waals surface area contributed by atoms with Crippen molar-refractivity contribution in [2.75, 3.05) is 11.9 Å². The molecule has 0 aliphatic rings. The number of ether oxygens (including phenoxy) is 1. The van der Waals surface area contributed by atoms with E-state index in [9.17, 15) is 24.1 Å². The molecule has 25 heavy (non-hydrogen) atoms. The van der Waals surface area contributed by atoms with E-state index >= 15 is 0 Å². The van der Waals surface area contributed by atoms with Crippen LogP contribution in [0.3, 0.4) is 0 Å². The van der Waals surface area contributed by atoms with Crippen molar-refractivity contribution in [2.24, 2.45) is 0 Å². The van der Waals surface area contributed by atoms with E-state index < -0.39 is 40.6 Å². The molecule has 2 aromatic rings. The Labute approximate surface area is 150 Å². The monoisotopic (exact) mass is 386 g/mol. The first-order valence-electron chi connectivity index (χ1n) is 6.64. The van der Waals surface area contributed by atoms with Crippen LogP contribution in [0.4, 0.5) is 15.8 Å². The van der Waals surface area contributed by atoms with Gasteiger partial charge in [0.15, 0.2) is 6.61 Å². The number of carbonyl (C=O) groups excluding carboxylic acids is 2. The van der Waals surface area contributed by atoms with Crippen LogP contribution in [-0.2, 0) is 9.53 Å². The molecule has 10 heteroatoms. The Kier molecular flexibility index (Phi) is 5.89. The van der Waals surface area contributed by atoms with E-state index in [1.54, 1.807) is 0 Å². The van der Waals surface area contributed by atoms with Gasteiger partial charge >= 0.3 is 5.97 Å². The average molecular weight is 387 g/mol. The van der Waals surface area contributed by atoms with Gasteiger partial charge in [0.1, 0.15) is 5.82 Å². The molecule has 2 rings (SSSR count). The van der Waals surface area contributed by atoms with Crippen molar-refractivity contribution < 1.29 is 23.6 Å². The molecule has 7 nitrogen and oxygen atoms in total. The highest BCUT2D eigenvalue weighted by atomic mass is 35.5. The van der Waals surface area contributed by atoms with E-state index in [-0.39, 0.29) is 15.6 Å². The molecule has 0 aliphatic carbocycles. The lowest BCUT2D eigenvalue weighted by Gasteiger charge is -2.08. The number of nitro groups is 1. The number of rotatable bonds is 5. The summed E-state index contributed by atoms with van der Waals surface area (Å²) in [6, 6.07) is 6.77. The van der Waals surface area contributed by atoms with Gasteiger partial charge < -0.3 is 10.1 Å². The molecule has 1 amide bonds. The number of non-ortho nitro benzene ring substituents is 1. The quantitative estimate of drug-likeness (QED) is 0.478. The van der Waals surface area contributed by atoms with Crippen molar-refractivity contribution in [3.8, 4) is 0 Å². The predicted molar refractivity (Wildman–Crippen MR) is 88.4 cm³/mol. The average Bonchev–Trinajstić information content (AvgIpc) is 2.56. The molecule has 0 saturated heterocycles. The van der Waals surface area contributed by atoms with Gasteiger partial charge in [0.05, 0.1) is 21.2 Å². The van der Waals surface area contributed by atoms with Crippen molar-refractivity contribution in [2.45, 2.75) is 0 Å². The summed E-state index contributed by atoms with van der Waals surface area (Å²) in [5.74, 6) is -2.66. The number of esters is 1. The van der Waals surface area contributed by atoms with Crippen LogP contribution in [0.15, 0.2) is 36.4 Å². The van der Waals surface area contributed by atoms with Crippen LogP contribution in [0.1, 0.15) is 10.4 Å². The second-order valence-corrected chi connectivity index (χ2v) is 5.51. The zero-order valence-corrected chi connectivity index (χ0v) is 13.8. The van der Waals surface area contributed by atoms with Crippen LogP contribution in [0.2, 0.25) is 10.0 Å². The van der Waals surface area contributed by atoms with Crippen LogP contribution in [0, 0.1) is 15.9 Å². The number of carbonyl (C=O) groups is 2. The molecule has 0 aliphatic heterocycles. The Bertz CT molecular complexity index is 860. The maximum Gasteiger partial charge on any atom is 0.340 e. The lowest BCUT2D eigenvalue weighted by molar-refractivity contribution is -0.384. The number of halogens is 3. The number of nitrogens with zero attached hydrogens (tertiary/aromatic N) is 1. The topological polar surface area (TPSA) is 98.5 Å². The molecule has 0 radical (unpaired) electrons. The number of nitrogens with one attached hydrogen (secondary N) is 1. The van der Waals surface area contributed by atoms with Gasteiger partial charge in [-0.25, -0.2) is 9.18 Å². The van der Waals surface area contributed by atoms with Crippen molar-refractivity contribution in [1.82, 2.24) is 0 Å². The maximum absolute atomic E-state index is 13.6. The minimum atomic E-state index is -0.901. The fourth-order valence-electron chi connectivity index (χ4n) is 1.77. The molecular weight excluding hydrogens is 378 g/mol. The molecule has 2 aromatic carbocycles. The highest BCUT2D eigenvalue weighted by molar-refractivity contribution is 6.35. The van der Waals surface area contributed by atoms with E-state index in [0.717, 1.165) is 18.2 Å². The standard InChI is InChI=1S/C15H9Cl2FN2O5/c16-8-1-3-11(17)10(5-8)15(22)25-7-14(21)19-13-6-9(20(23)24)2-4-12(13)18/h1-6H,7H2,(H,19,21). The van der Waals surface area contributed by atoms with Crippen molar-refractivity contribution >= 4 is 46.5 Å². The molecule has 0 unspecified atom stereocenters. The van der Waals surface area contributed by atoms with E-state index in [1.807, 2.05) is 0 Å². The lowest BCUT2D eigenvalue weighted by Crippen LogP contribution is -2.21. The van der Waals surface area contributed by atoms with Gasteiger partial charge in [0, 0.05) is 17.2 Å². The van der Waals surface area contributed by atoms with Crippen LogP contribution < -0.4 is 5.32 Å². The molecule has 0 fully saturated rings. The fraction of sp³-hybridized carbons (Fsp3) is 0.0667. The first kappa shape index (κ1) is 18.6. The molecular formula is C15H9Cl2FN2O5. The summed E-state index contributed by atoms with van der Waals surface area (Å²) in [5.41, 5.74) is -0.848. The summed E-state index contributed by atoms with van der Waals surface area (Å²) >= 11 is 11.6. The molecule has 1 N–H and O–H groups in total.